The average molecular weight is 240 g/mol. The molecule has 0 aromatic rings. The number of rotatable bonds is 2. The second kappa shape index (κ2) is 5.68. The first-order chi connectivity index (χ1) is 8.19. The van der Waals surface area contributed by atoms with Crippen LogP contribution in [0.25, 0.3) is 0 Å². The van der Waals surface area contributed by atoms with Gasteiger partial charge < -0.3 is 10.4 Å². The first-order valence-electron chi connectivity index (χ1n) is 7.25. The highest BCUT2D eigenvalue weighted by molar-refractivity contribution is 4.99. The molecule has 1 heterocycles. The standard InChI is InChI=1S/C14H28N2O/c1-12-4-5-13(2)14(10-12,11-17)16-8-3-6-15-7-9-16/h12-13,15,17H,3-11H2,1-2H3. The van der Waals surface area contributed by atoms with Crippen molar-refractivity contribution < 1.29 is 5.11 Å². The maximum Gasteiger partial charge on any atom is 0.0618 e. The third-order valence-electron chi connectivity index (χ3n) is 4.96. The van der Waals surface area contributed by atoms with E-state index in [1.165, 1.54) is 25.7 Å². The van der Waals surface area contributed by atoms with Gasteiger partial charge in [0.2, 0.25) is 0 Å². The molecule has 0 spiro atoms. The van der Waals surface area contributed by atoms with Crippen molar-refractivity contribution in [3.63, 3.8) is 0 Å². The molecule has 100 valence electrons. The summed E-state index contributed by atoms with van der Waals surface area (Å²) in [5.41, 5.74) is 0.0592. The smallest absolute Gasteiger partial charge is 0.0618 e. The summed E-state index contributed by atoms with van der Waals surface area (Å²) < 4.78 is 0. The molecule has 2 aliphatic rings. The molecule has 1 aliphatic carbocycles. The average Bonchev–Trinajstić information content (AvgIpc) is 2.61. The van der Waals surface area contributed by atoms with Crippen molar-refractivity contribution in [1.82, 2.24) is 10.2 Å². The van der Waals surface area contributed by atoms with Gasteiger partial charge in [0.05, 0.1) is 6.61 Å². The van der Waals surface area contributed by atoms with Crippen LogP contribution in [0.3, 0.4) is 0 Å². The van der Waals surface area contributed by atoms with Crippen LogP contribution in [0.5, 0.6) is 0 Å². The second-order valence-corrected chi connectivity index (χ2v) is 6.14. The highest BCUT2D eigenvalue weighted by Crippen LogP contribution is 2.41. The molecule has 2 rings (SSSR count). The minimum absolute atomic E-state index is 0.0592. The predicted octanol–water partition coefficient (Wildman–Crippen LogP) is 1.47. The first-order valence-corrected chi connectivity index (χ1v) is 7.25. The molecule has 1 aliphatic heterocycles. The largest absolute Gasteiger partial charge is 0.394 e. The minimum Gasteiger partial charge on any atom is -0.394 e. The molecule has 2 N–H and O–H groups in total. The molecule has 0 aromatic carbocycles. The SMILES string of the molecule is CC1CCC(C)C(CO)(N2CCCNCC2)C1. The summed E-state index contributed by atoms with van der Waals surface area (Å²) >= 11 is 0. The van der Waals surface area contributed by atoms with Crippen molar-refractivity contribution >= 4 is 0 Å². The molecule has 0 amide bonds. The minimum atomic E-state index is 0.0592. The van der Waals surface area contributed by atoms with E-state index in [4.69, 9.17) is 0 Å². The Morgan fingerprint density at radius 1 is 1.24 bits per heavy atom. The van der Waals surface area contributed by atoms with Gasteiger partial charge in [-0.3, -0.25) is 4.90 Å². The maximum atomic E-state index is 10.0. The molecule has 17 heavy (non-hydrogen) atoms. The monoisotopic (exact) mass is 240 g/mol. The summed E-state index contributed by atoms with van der Waals surface area (Å²) in [5, 5.41) is 13.5. The van der Waals surface area contributed by atoms with E-state index >= 15 is 0 Å². The van der Waals surface area contributed by atoms with Gasteiger partial charge in [-0.15, -0.1) is 0 Å². The Kier molecular flexibility index (Phi) is 4.45. The highest BCUT2D eigenvalue weighted by Gasteiger charge is 2.44. The van der Waals surface area contributed by atoms with Crippen LogP contribution in [-0.4, -0.2) is 48.3 Å². The Balaban J connectivity index is 2.14. The maximum absolute atomic E-state index is 10.0. The van der Waals surface area contributed by atoms with E-state index in [0.29, 0.717) is 12.5 Å². The lowest BCUT2D eigenvalue weighted by atomic mass is 9.69. The van der Waals surface area contributed by atoms with E-state index in [1.807, 2.05) is 0 Å². The molecule has 0 aromatic heterocycles. The molecule has 0 radical (unpaired) electrons. The second-order valence-electron chi connectivity index (χ2n) is 6.14. The third kappa shape index (κ3) is 2.67. The Hall–Kier alpha value is -0.120. The molecule has 2 fully saturated rings. The fourth-order valence-electron chi connectivity index (χ4n) is 3.76. The quantitative estimate of drug-likeness (QED) is 0.767. The molecule has 3 atom stereocenters. The molecule has 3 nitrogen and oxygen atoms in total. The van der Waals surface area contributed by atoms with E-state index in [0.717, 1.165) is 32.1 Å². The van der Waals surface area contributed by atoms with Gasteiger partial charge in [-0.05, 0) is 37.6 Å². The zero-order valence-electron chi connectivity index (χ0n) is 11.4. The van der Waals surface area contributed by atoms with Crippen molar-refractivity contribution in [3.05, 3.63) is 0 Å². The van der Waals surface area contributed by atoms with Crippen molar-refractivity contribution in [2.45, 2.75) is 45.1 Å². The molecule has 3 heteroatoms. The van der Waals surface area contributed by atoms with E-state index in [9.17, 15) is 5.11 Å². The van der Waals surface area contributed by atoms with Crippen molar-refractivity contribution in [2.24, 2.45) is 11.8 Å². The van der Waals surface area contributed by atoms with Crippen LogP contribution < -0.4 is 5.32 Å². The molecule has 1 saturated carbocycles. The van der Waals surface area contributed by atoms with Crippen LogP contribution in [0.15, 0.2) is 0 Å². The number of nitrogens with one attached hydrogen (secondary N) is 1. The summed E-state index contributed by atoms with van der Waals surface area (Å²) in [6.45, 7) is 9.44. The normalized spacial score (nSPS) is 41.1. The summed E-state index contributed by atoms with van der Waals surface area (Å²) in [6, 6.07) is 0. The summed E-state index contributed by atoms with van der Waals surface area (Å²) in [7, 11) is 0. The predicted molar refractivity (Wildman–Crippen MR) is 71.1 cm³/mol. The Bertz CT molecular complexity index is 238. The van der Waals surface area contributed by atoms with Crippen molar-refractivity contribution in [3.8, 4) is 0 Å². The zero-order chi connectivity index (χ0) is 12.3. The molecule has 3 unspecified atom stereocenters. The van der Waals surface area contributed by atoms with Crippen molar-refractivity contribution in [1.29, 1.82) is 0 Å². The Morgan fingerprint density at radius 2 is 2.06 bits per heavy atom. The summed E-state index contributed by atoms with van der Waals surface area (Å²) in [4.78, 5) is 2.58. The number of hydrogen-bond acceptors (Lipinski definition) is 3. The van der Waals surface area contributed by atoms with Crippen LogP contribution in [-0.2, 0) is 0 Å². The topological polar surface area (TPSA) is 35.5 Å². The number of aliphatic hydroxyl groups excluding tert-OH is 1. The van der Waals surface area contributed by atoms with Gasteiger partial charge >= 0.3 is 0 Å². The number of nitrogens with zero attached hydrogens (tertiary/aromatic N) is 1. The van der Waals surface area contributed by atoms with Gasteiger partial charge in [0.1, 0.15) is 0 Å². The van der Waals surface area contributed by atoms with Gasteiger partial charge in [0.15, 0.2) is 0 Å². The van der Waals surface area contributed by atoms with Gasteiger partial charge in [-0.25, -0.2) is 0 Å². The Morgan fingerprint density at radius 3 is 2.82 bits per heavy atom. The molecule has 1 saturated heterocycles. The summed E-state index contributed by atoms with van der Waals surface area (Å²) in [5.74, 6) is 1.39. The fraction of sp³-hybridized carbons (Fsp3) is 1.00. The van der Waals surface area contributed by atoms with Gasteiger partial charge in [-0.1, -0.05) is 20.3 Å². The zero-order valence-corrected chi connectivity index (χ0v) is 11.4. The van der Waals surface area contributed by atoms with Crippen molar-refractivity contribution in [2.75, 3.05) is 32.8 Å². The molecular formula is C14H28N2O. The molecule has 0 bridgehead atoms. The van der Waals surface area contributed by atoms with Gasteiger partial charge in [-0.2, -0.15) is 0 Å². The first kappa shape index (κ1) is 13.3. The lowest BCUT2D eigenvalue weighted by Crippen LogP contribution is -2.59. The van der Waals surface area contributed by atoms with Crippen LogP contribution in [0.4, 0.5) is 0 Å². The third-order valence-corrected chi connectivity index (χ3v) is 4.96. The van der Waals surface area contributed by atoms with Gasteiger partial charge in [0, 0.05) is 25.2 Å². The molecular weight excluding hydrogens is 212 g/mol. The van der Waals surface area contributed by atoms with E-state index in [-0.39, 0.29) is 5.54 Å². The highest BCUT2D eigenvalue weighted by atomic mass is 16.3. The van der Waals surface area contributed by atoms with E-state index in [1.54, 1.807) is 0 Å². The van der Waals surface area contributed by atoms with E-state index in [2.05, 4.69) is 24.1 Å². The fourth-order valence-corrected chi connectivity index (χ4v) is 3.76. The Labute approximate surface area is 106 Å². The van der Waals surface area contributed by atoms with Crippen LogP contribution >= 0.6 is 0 Å². The number of hydrogen-bond donors (Lipinski definition) is 2. The van der Waals surface area contributed by atoms with Crippen LogP contribution in [0.2, 0.25) is 0 Å². The van der Waals surface area contributed by atoms with E-state index < -0.39 is 0 Å². The summed E-state index contributed by atoms with van der Waals surface area (Å²) in [6.07, 6.45) is 4.98. The van der Waals surface area contributed by atoms with Crippen LogP contribution in [0.1, 0.15) is 39.5 Å². The lowest BCUT2D eigenvalue weighted by molar-refractivity contribution is -0.0459. The van der Waals surface area contributed by atoms with Crippen LogP contribution in [0, 0.1) is 11.8 Å². The lowest BCUT2D eigenvalue weighted by Gasteiger charge is -2.51. The van der Waals surface area contributed by atoms with Gasteiger partial charge in [0.25, 0.3) is 0 Å². The number of aliphatic hydroxyl groups is 1.